The number of ether oxygens (including phenoxy) is 2. The Kier molecular flexibility index (Phi) is 6.08. The molecule has 5 rings (SSSR count). The summed E-state index contributed by atoms with van der Waals surface area (Å²) >= 11 is 6.01. The van der Waals surface area contributed by atoms with Crippen LogP contribution in [0.1, 0.15) is 36.1 Å². The SMILES string of the molecule is CCOc1cc(C2CC(=O)Nc3c2c(C)nn3-c2nncc(-c3ccc(Cl)cc3)n2)ccc1OC. The highest BCUT2D eigenvalue weighted by atomic mass is 35.5. The van der Waals surface area contributed by atoms with Gasteiger partial charge in [0.25, 0.3) is 5.95 Å². The molecule has 9 nitrogen and oxygen atoms in total. The number of fused-ring (bicyclic) bond motifs is 1. The van der Waals surface area contributed by atoms with Gasteiger partial charge in [0.15, 0.2) is 11.5 Å². The summed E-state index contributed by atoms with van der Waals surface area (Å²) in [5.74, 6) is 1.72. The molecule has 1 atom stereocenters. The lowest BCUT2D eigenvalue weighted by molar-refractivity contribution is -0.116. The van der Waals surface area contributed by atoms with Gasteiger partial charge in [-0.3, -0.25) is 4.79 Å². The molecule has 0 spiro atoms. The molecule has 0 bridgehead atoms. The Hall–Kier alpha value is -3.98. The van der Waals surface area contributed by atoms with Crippen LogP contribution in [-0.2, 0) is 4.79 Å². The van der Waals surface area contributed by atoms with Crippen molar-refractivity contribution in [1.82, 2.24) is 25.0 Å². The third-order valence-electron chi connectivity index (χ3n) is 5.87. The number of carbonyl (C=O) groups excluding carboxylic acids is 1. The summed E-state index contributed by atoms with van der Waals surface area (Å²) in [5.41, 5.74) is 4.05. The van der Waals surface area contributed by atoms with Crippen LogP contribution in [0.15, 0.2) is 48.7 Å². The summed E-state index contributed by atoms with van der Waals surface area (Å²) in [5, 5.41) is 16.6. The average molecular weight is 491 g/mol. The van der Waals surface area contributed by atoms with E-state index in [1.165, 1.54) is 4.68 Å². The molecule has 0 saturated heterocycles. The number of aryl methyl sites for hydroxylation is 1. The van der Waals surface area contributed by atoms with Crippen LogP contribution in [0.5, 0.6) is 11.5 Å². The molecule has 3 heterocycles. The quantitative estimate of drug-likeness (QED) is 0.422. The van der Waals surface area contributed by atoms with Crippen molar-refractivity contribution in [3.05, 3.63) is 70.5 Å². The number of nitrogens with one attached hydrogen (secondary N) is 1. The molecule has 1 unspecified atom stereocenters. The molecule has 0 radical (unpaired) electrons. The zero-order valence-corrected chi connectivity index (χ0v) is 20.2. The van der Waals surface area contributed by atoms with Crippen molar-refractivity contribution >= 4 is 23.3 Å². The number of carbonyl (C=O) groups is 1. The van der Waals surface area contributed by atoms with Gasteiger partial charge in [-0.25, -0.2) is 4.98 Å². The van der Waals surface area contributed by atoms with Crippen molar-refractivity contribution in [3.8, 4) is 28.7 Å². The monoisotopic (exact) mass is 490 g/mol. The predicted molar refractivity (Wildman–Crippen MR) is 131 cm³/mol. The van der Waals surface area contributed by atoms with Gasteiger partial charge >= 0.3 is 0 Å². The molecule has 0 fully saturated rings. The maximum atomic E-state index is 12.8. The molecule has 0 saturated carbocycles. The van der Waals surface area contributed by atoms with Crippen molar-refractivity contribution in [2.75, 3.05) is 19.0 Å². The number of hydrogen-bond acceptors (Lipinski definition) is 7. The molecule has 1 aliphatic rings. The molecule has 0 aliphatic carbocycles. The van der Waals surface area contributed by atoms with E-state index in [9.17, 15) is 4.79 Å². The molecule has 4 aromatic rings. The van der Waals surface area contributed by atoms with Gasteiger partial charge in [0, 0.05) is 28.5 Å². The molecule has 1 aliphatic heterocycles. The van der Waals surface area contributed by atoms with Crippen molar-refractivity contribution < 1.29 is 14.3 Å². The first-order valence-electron chi connectivity index (χ1n) is 11.1. The normalized spacial score (nSPS) is 14.9. The number of hydrogen-bond donors (Lipinski definition) is 1. The molecule has 2 aromatic carbocycles. The third-order valence-corrected chi connectivity index (χ3v) is 6.12. The van der Waals surface area contributed by atoms with Crippen molar-refractivity contribution in [2.45, 2.75) is 26.2 Å². The Labute approximate surface area is 207 Å². The number of nitrogens with zero attached hydrogens (tertiary/aromatic N) is 5. The second-order valence-corrected chi connectivity index (χ2v) is 8.49. The zero-order valence-electron chi connectivity index (χ0n) is 19.4. The summed E-state index contributed by atoms with van der Waals surface area (Å²) in [6.07, 6.45) is 1.85. The molecule has 35 heavy (non-hydrogen) atoms. The molecule has 1 N–H and O–H groups in total. The minimum Gasteiger partial charge on any atom is -0.493 e. The highest BCUT2D eigenvalue weighted by Gasteiger charge is 2.33. The van der Waals surface area contributed by atoms with E-state index >= 15 is 0 Å². The lowest BCUT2D eigenvalue weighted by Crippen LogP contribution is -2.25. The lowest BCUT2D eigenvalue weighted by atomic mass is 9.85. The highest BCUT2D eigenvalue weighted by Crippen LogP contribution is 2.42. The number of rotatable bonds is 6. The molecular weight excluding hydrogens is 468 g/mol. The molecule has 1 amide bonds. The standard InChI is InChI=1S/C25H23ClN6O3/c1-4-35-21-11-16(7-10-20(21)34-3)18-12-22(33)29-24-23(18)14(2)31-32(24)25-28-19(13-27-30-25)15-5-8-17(26)9-6-15/h5-11,13,18H,4,12H2,1-3H3,(H,29,33). The second-order valence-electron chi connectivity index (χ2n) is 8.06. The van der Waals surface area contributed by atoms with Gasteiger partial charge in [0.05, 0.1) is 31.3 Å². The molecule has 2 aromatic heterocycles. The minimum absolute atomic E-state index is 0.126. The van der Waals surface area contributed by atoms with Crippen molar-refractivity contribution in [3.63, 3.8) is 0 Å². The van der Waals surface area contributed by atoms with E-state index in [4.69, 9.17) is 21.1 Å². The van der Waals surface area contributed by atoms with E-state index in [0.29, 0.717) is 34.6 Å². The number of benzene rings is 2. The maximum Gasteiger partial charge on any atom is 0.272 e. The van der Waals surface area contributed by atoms with Crippen LogP contribution < -0.4 is 14.8 Å². The smallest absolute Gasteiger partial charge is 0.272 e. The summed E-state index contributed by atoms with van der Waals surface area (Å²) in [7, 11) is 1.60. The maximum absolute atomic E-state index is 12.8. The van der Waals surface area contributed by atoms with Crippen molar-refractivity contribution in [1.29, 1.82) is 0 Å². The number of amides is 1. The lowest BCUT2D eigenvalue weighted by Gasteiger charge is -2.25. The van der Waals surface area contributed by atoms with Gasteiger partial charge in [-0.2, -0.15) is 14.9 Å². The summed E-state index contributed by atoms with van der Waals surface area (Å²) < 4.78 is 12.7. The molecular formula is C25H23ClN6O3. The van der Waals surface area contributed by atoms with Gasteiger partial charge in [0.2, 0.25) is 5.91 Å². The largest absolute Gasteiger partial charge is 0.493 e. The van der Waals surface area contributed by atoms with Gasteiger partial charge in [-0.05, 0) is 43.7 Å². The Bertz CT molecular complexity index is 1400. The van der Waals surface area contributed by atoms with Gasteiger partial charge in [-0.15, -0.1) is 5.10 Å². The molecule has 178 valence electrons. The highest BCUT2D eigenvalue weighted by molar-refractivity contribution is 6.30. The Morgan fingerprint density at radius 2 is 1.97 bits per heavy atom. The number of halogens is 1. The van der Waals surface area contributed by atoms with Gasteiger partial charge in [0.1, 0.15) is 5.82 Å². The summed E-state index contributed by atoms with van der Waals surface area (Å²) in [6, 6.07) is 13.0. The number of methoxy groups -OCH3 is 1. The van der Waals surface area contributed by atoms with E-state index in [1.807, 2.05) is 44.2 Å². The second kappa shape index (κ2) is 9.34. The van der Waals surface area contributed by atoms with Crippen LogP contribution >= 0.6 is 11.6 Å². The fraction of sp³-hybridized carbons (Fsp3) is 0.240. The third kappa shape index (κ3) is 4.30. The van der Waals surface area contributed by atoms with Crippen molar-refractivity contribution in [2.24, 2.45) is 0 Å². The first-order chi connectivity index (χ1) is 17.0. The van der Waals surface area contributed by atoms with Gasteiger partial charge < -0.3 is 14.8 Å². The number of aromatic nitrogens is 5. The minimum atomic E-state index is -0.218. The van der Waals surface area contributed by atoms with E-state index in [2.05, 4.69) is 25.6 Å². The van der Waals surface area contributed by atoms with E-state index in [1.54, 1.807) is 25.4 Å². The number of anilines is 1. The molecule has 10 heteroatoms. The summed E-state index contributed by atoms with van der Waals surface area (Å²) in [4.78, 5) is 17.4. The van der Waals surface area contributed by atoms with Crippen LogP contribution in [0.25, 0.3) is 17.2 Å². The van der Waals surface area contributed by atoms with Gasteiger partial charge in [-0.1, -0.05) is 29.8 Å². The zero-order chi connectivity index (χ0) is 24.5. The first-order valence-corrected chi connectivity index (χ1v) is 11.5. The topological polar surface area (TPSA) is 104 Å². The van der Waals surface area contributed by atoms with Crippen LogP contribution in [-0.4, -0.2) is 44.6 Å². The Balaban J connectivity index is 1.58. The van der Waals surface area contributed by atoms with E-state index in [0.717, 1.165) is 22.4 Å². The Morgan fingerprint density at radius 3 is 2.71 bits per heavy atom. The fourth-order valence-corrected chi connectivity index (χ4v) is 4.42. The van der Waals surface area contributed by atoms with Crippen LogP contribution in [0.4, 0.5) is 5.82 Å². The first kappa shape index (κ1) is 22.8. The fourth-order valence-electron chi connectivity index (χ4n) is 4.30. The summed E-state index contributed by atoms with van der Waals surface area (Å²) in [6.45, 7) is 4.32. The average Bonchev–Trinajstić information content (AvgIpc) is 3.20. The Morgan fingerprint density at radius 1 is 1.17 bits per heavy atom. The van der Waals surface area contributed by atoms with E-state index in [-0.39, 0.29) is 24.2 Å². The van der Waals surface area contributed by atoms with E-state index < -0.39 is 0 Å². The van der Waals surface area contributed by atoms with Crippen LogP contribution in [0.2, 0.25) is 5.02 Å². The van der Waals surface area contributed by atoms with Crippen LogP contribution in [0.3, 0.4) is 0 Å². The predicted octanol–water partition coefficient (Wildman–Crippen LogP) is 4.57. The van der Waals surface area contributed by atoms with Crippen LogP contribution in [0, 0.1) is 6.92 Å².